The zero-order valence-electron chi connectivity index (χ0n) is 10.8. The summed E-state index contributed by atoms with van der Waals surface area (Å²) >= 11 is 0. The van der Waals surface area contributed by atoms with Gasteiger partial charge in [-0.3, -0.25) is 5.10 Å². The van der Waals surface area contributed by atoms with Gasteiger partial charge in [0.15, 0.2) is 11.5 Å². The molecule has 0 atom stereocenters. The average molecular weight is 244 g/mol. The van der Waals surface area contributed by atoms with E-state index >= 15 is 0 Å². The Morgan fingerprint density at radius 3 is 2.72 bits per heavy atom. The van der Waals surface area contributed by atoms with Crippen molar-refractivity contribution in [2.75, 3.05) is 6.79 Å². The minimum absolute atomic E-state index is 0.0300. The molecule has 0 fully saturated rings. The molecule has 3 rings (SSSR count). The fraction of sp³-hybridized carbons (Fsp3) is 0.357. The molecule has 0 amide bonds. The van der Waals surface area contributed by atoms with Gasteiger partial charge >= 0.3 is 0 Å². The number of rotatable bonds is 1. The van der Waals surface area contributed by atoms with Crippen LogP contribution < -0.4 is 9.47 Å². The summed E-state index contributed by atoms with van der Waals surface area (Å²) in [6.45, 7) is 6.79. The van der Waals surface area contributed by atoms with Crippen molar-refractivity contribution in [1.29, 1.82) is 0 Å². The van der Waals surface area contributed by atoms with Gasteiger partial charge in [-0.25, -0.2) is 0 Å². The highest BCUT2D eigenvalue weighted by molar-refractivity contribution is 5.69. The third-order valence-corrected chi connectivity index (χ3v) is 3.07. The molecule has 0 spiro atoms. The van der Waals surface area contributed by atoms with E-state index in [2.05, 4.69) is 31.0 Å². The van der Waals surface area contributed by atoms with Crippen molar-refractivity contribution in [3.05, 3.63) is 30.1 Å². The van der Waals surface area contributed by atoms with Gasteiger partial charge in [0.2, 0.25) is 6.79 Å². The smallest absolute Gasteiger partial charge is 0.231 e. The summed E-state index contributed by atoms with van der Waals surface area (Å²) in [5.74, 6) is 1.60. The Morgan fingerprint density at radius 1 is 1.17 bits per heavy atom. The zero-order chi connectivity index (χ0) is 12.8. The van der Waals surface area contributed by atoms with E-state index in [9.17, 15) is 0 Å². The molecule has 1 aliphatic rings. The fourth-order valence-corrected chi connectivity index (χ4v) is 2.14. The molecule has 1 aromatic carbocycles. The molecule has 4 nitrogen and oxygen atoms in total. The van der Waals surface area contributed by atoms with Gasteiger partial charge in [0.05, 0.1) is 6.20 Å². The topological polar surface area (TPSA) is 47.1 Å². The lowest BCUT2D eigenvalue weighted by Crippen LogP contribution is -2.13. The van der Waals surface area contributed by atoms with Crippen molar-refractivity contribution in [2.24, 2.45) is 0 Å². The fourth-order valence-electron chi connectivity index (χ4n) is 2.14. The average Bonchev–Trinajstić information content (AvgIpc) is 2.96. The molecule has 94 valence electrons. The molecule has 1 aromatic heterocycles. The van der Waals surface area contributed by atoms with Crippen molar-refractivity contribution >= 4 is 0 Å². The van der Waals surface area contributed by atoms with Crippen LogP contribution in [0.5, 0.6) is 11.5 Å². The Balaban J connectivity index is 2.08. The Hall–Kier alpha value is -1.97. The Labute approximate surface area is 106 Å². The lowest BCUT2D eigenvalue weighted by Gasteiger charge is -2.18. The van der Waals surface area contributed by atoms with Crippen LogP contribution in [-0.4, -0.2) is 17.0 Å². The SMILES string of the molecule is CC(C)(C)c1[nH]ncc1-c1ccc2c(c1)OCO2. The molecule has 4 heteroatoms. The second kappa shape index (κ2) is 3.77. The largest absolute Gasteiger partial charge is 0.454 e. The van der Waals surface area contributed by atoms with Crippen LogP contribution in [0.3, 0.4) is 0 Å². The van der Waals surface area contributed by atoms with Gasteiger partial charge in [0.25, 0.3) is 0 Å². The van der Waals surface area contributed by atoms with E-state index in [1.807, 2.05) is 24.4 Å². The molecule has 1 N–H and O–H groups in total. The maximum atomic E-state index is 5.41. The number of aromatic nitrogens is 2. The normalized spacial score (nSPS) is 13.9. The molecule has 0 unspecified atom stereocenters. The predicted octanol–water partition coefficient (Wildman–Crippen LogP) is 3.10. The van der Waals surface area contributed by atoms with Crippen molar-refractivity contribution in [2.45, 2.75) is 26.2 Å². The highest BCUT2D eigenvalue weighted by Gasteiger charge is 2.22. The van der Waals surface area contributed by atoms with Crippen molar-refractivity contribution in [1.82, 2.24) is 10.2 Å². The Bertz CT molecular complexity index is 582. The predicted molar refractivity (Wildman–Crippen MR) is 68.8 cm³/mol. The first-order chi connectivity index (χ1) is 8.55. The lowest BCUT2D eigenvalue weighted by molar-refractivity contribution is 0.174. The number of hydrogen-bond acceptors (Lipinski definition) is 3. The van der Waals surface area contributed by atoms with Crippen molar-refractivity contribution in [3.8, 4) is 22.6 Å². The third-order valence-electron chi connectivity index (χ3n) is 3.07. The summed E-state index contributed by atoms with van der Waals surface area (Å²) in [6.07, 6.45) is 1.86. The first kappa shape index (κ1) is 11.1. The number of benzene rings is 1. The first-order valence-electron chi connectivity index (χ1n) is 5.99. The second-order valence-corrected chi connectivity index (χ2v) is 5.48. The minimum Gasteiger partial charge on any atom is -0.454 e. The highest BCUT2D eigenvalue weighted by atomic mass is 16.7. The van der Waals surface area contributed by atoms with Crippen LogP contribution in [0, 0.1) is 0 Å². The number of ether oxygens (including phenoxy) is 2. The summed E-state index contributed by atoms with van der Waals surface area (Å²) in [6, 6.07) is 5.98. The monoisotopic (exact) mass is 244 g/mol. The first-order valence-corrected chi connectivity index (χ1v) is 5.99. The van der Waals surface area contributed by atoms with Gasteiger partial charge in [0, 0.05) is 16.7 Å². The zero-order valence-corrected chi connectivity index (χ0v) is 10.8. The number of nitrogens with one attached hydrogen (secondary N) is 1. The van der Waals surface area contributed by atoms with Crippen LogP contribution in [0.15, 0.2) is 24.4 Å². The van der Waals surface area contributed by atoms with Crippen molar-refractivity contribution < 1.29 is 9.47 Å². The lowest BCUT2D eigenvalue weighted by atomic mass is 9.87. The molecule has 0 bridgehead atoms. The number of fused-ring (bicyclic) bond motifs is 1. The Kier molecular flexibility index (Phi) is 2.33. The molecule has 1 aliphatic heterocycles. The van der Waals surface area contributed by atoms with Gasteiger partial charge in [-0.1, -0.05) is 26.8 Å². The van der Waals surface area contributed by atoms with Crippen LogP contribution in [0.1, 0.15) is 26.5 Å². The minimum atomic E-state index is 0.0300. The van der Waals surface area contributed by atoms with Crippen LogP contribution in [-0.2, 0) is 5.41 Å². The summed E-state index contributed by atoms with van der Waals surface area (Å²) in [4.78, 5) is 0. The molecule has 2 aromatic rings. The Morgan fingerprint density at radius 2 is 1.94 bits per heavy atom. The summed E-state index contributed by atoms with van der Waals surface area (Å²) < 4.78 is 10.7. The van der Waals surface area contributed by atoms with Gasteiger partial charge < -0.3 is 9.47 Å². The summed E-state index contributed by atoms with van der Waals surface area (Å²) in [5.41, 5.74) is 3.36. The molecule has 0 saturated carbocycles. The maximum Gasteiger partial charge on any atom is 0.231 e. The van der Waals surface area contributed by atoms with Crippen LogP contribution in [0.25, 0.3) is 11.1 Å². The molecular weight excluding hydrogens is 228 g/mol. The van der Waals surface area contributed by atoms with E-state index in [4.69, 9.17) is 9.47 Å². The summed E-state index contributed by atoms with van der Waals surface area (Å²) in [7, 11) is 0. The van der Waals surface area contributed by atoms with Gasteiger partial charge in [-0.2, -0.15) is 5.10 Å². The second-order valence-electron chi connectivity index (χ2n) is 5.48. The van der Waals surface area contributed by atoms with Gasteiger partial charge in [-0.15, -0.1) is 0 Å². The molecule has 0 aliphatic carbocycles. The standard InChI is InChI=1S/C14H16N2O2/c1-14(2,3)13-10(7-15-16-13)9-4-5-11-12(6-9)18-8-17-11/h4-7H,8H2,1-3H3,(H,15,16). The van der Waals surface area contributed by atoms with E-state index in [0.29, 0.717) is 6.79 Å². The van der Waals surface area contributed by atoms with Crippen molar-refractivity contribution in [3.63, 3.8) is 0 Å². The number of H-pyrrole nitrogens is 1. The molecule has 2 heterocycles. The molecular formula is C14H16N2O2. The van der Waals surface area contributed by atoms with E-state index in [-0.39, 0.29) is 5.41 Å². The van der Waals surface area contributed by atoms with Crippen LogP contribution >= 0.6 is 0 Å². The van der Waals surface area contributed by atoms with E-state index < -0.39 is 0 Å². The van der Waals surface area contributed by atoms with Crippen LogP contribution in [0.4, 0.5) is 0 Å². The number of hydrogen-bond donors (Lipinski definition) is 1. The summed E-state index contributed by atoms with van der Waals surface area (Å²) in [5, 5.41) is 7.25. The van der Waals surface area contributed by atoms with E-state index in [1.165, 1.54) is 0 Å². The maximum absolute atomic E-state index is 5.41. The molecule has 0 radical (unpaired) electrons. The van der Waals surface area contributed by atoms with E-state index in [1.54, 1.807) is 0 Å². The van der Waals surface area contributed by atoms with Gasteiger partial charge in [0.1, 0.15) is 0 Å². The molecule has 18 heavy (non-hydrogen) atoms. The van der Waals surface area contributed by atoms with E-state index in [0.717, 1.165) is 28.3 Å². The number of aromatic amines is 1. The molecule has 0 saturated heterocycles. The quantitative estimate of drug-likeness (QED) is 0.838. The number of nitrogens with zero attached hydrogens (tertiary/aromatic N) is 1. The third kappa shape index (κ3) is 1.74. The highest BCUT2D eigenvalue weighted by Crippen LogP contribution is 2.38. The van der Waals surface area contributed by atoms with Crippen LogP contribution in [0.2, 0.25) is 0 Å². The van der Waals surface area contributed by atoms with Gasteiger partial charge in [-0.05, 0) is 17.7 Å².